The van der Waals surface area contributed by atoms with Gasteiger partial charge in [-0.05, 0) is 56.7 Å². The first-order valence-corrected chi connectivity index (χ1v) is 10.5. The van der Waals surface area contributed by atoms with Crippen LogP contribution in [-0.4, -0.2) is 42.1 Å². The van der Waals surface area contributed by atoms with Gasteiger partial charge in [0.2, 0.25) is 0 Å². The van der Waals surface area contributed by atoms with E-state index in [9.17, 15) is 4.79 Å². The highest BCUT2D eigenvalue weighted by Gasteiger charge is 2.42. The number of benzene rings is 1. The van der Waals surface area contributed by atoms with Crippen LogP contribution >= 0.6 is 0 Å². The normalized spacial score (nSPS) is 30.0. The summed E-state index contributed by atoms with van der Waals surface area (Å²) in [6.07, 6.45) is 13.2. The summed E-state index contributed by atoms with van der Waals surface area (Å²) < 4.78 is 5.25. The van der Waals surface area contributed by atoms with Gasteiger partial charge in [0, 0.05) is 29.7 Å². The van der Waals surface area contributed by atoms with Crippen LogP contribution in [0.1, 0.15) is 74.6 Å². The SMILES string of the molecule is COc1cccc(C(=O)NC2C[C@H]3CCC[C@@H](C2)N3C2CCCCC2)c1. The van der Waals surface area contributed by atoms with Crippen molar-refractivity contribution in [2.75, 3.05) is 7.11 Å². The Morgan fingerprint density at radius 2 is 1.69 bits per heavy atom. The summed E-state index contributed by atoms with van der Waals surface area (Å²) >= 11 is 0. The van der Waals surface area contributed by atoms with Crippen LogP contribution in [0.15, 0.2) is 24.3 Å². The Balaban J connectivity index is 1.41. The molecule has 1 amide bonds. The van der Waals surface area contributed by atoms with Gasteiger partial charge in [0.15, 0.2) is 0 Å². The molecule has 4 rings (SSSR count). The quantitative estimate of drug-likeness (QED) is 0.881. The molecule has 2 bridgehead atoms. The summed E-state index contributed by atoms with van der Waals surface area (Å²) in [7, 11) is 1.64. The minimum absolute atomic E-state index is 0.0399. The second kappa shape index (κ2) is 7.99. The van der Waals surface area contributed by atoms with Crippen LogP contribution in [0, 0.1) is 0 Å². The number of methoxy groups -OCH3 is 1. The van der Waals surface area contributed by atoms with Crippen molar-refractivity contribution in [3.8, 4) is 5.75 Å². The van der Waals surface area contributed by atoms with Crippen molar-refractivity contribution in [3.05, 3.63) is 29.8 Å². The van der Waals surface area contributed by atoms with E-state index in [-0.39, 0.29) is 5.91 Å². The van der Waals surface area contributed by atoms with Crippen LogP contribution in [0.5, 0.6) is 5.75 Å². The molecule has 4 nitrogen and oxygen atoms in total. The van der Waals surface area contributed by atoms with Gasteiger partial charge >= 0.3 is 0 Å². The number of nitrogens with zero attached hydrogens (tertiary/aromatic N) is 1. The lowest BCUT2D eigenvalue weighted by Gasteiger charge is -2.53. The molecule has 3 aliphatic rings. The molecule has 1 unspecified atom stereocenters. The van der Waals surface area contributed by atoms with E-state index >= 15 is 0 Å². The first kappa shape index (κ1) is 17.8. The topological polar surface area (TPSA) is 41.6 Å². The summed E-state index contributed by atoms with van der Waals surface area (Å²) in [5.74, 6) is 0.778. The molecule has 1 aromatic carbocycles. The first-order chi connectivity index (χ1) is 12.7. The molecule has 0 spiro atoms. The molecule has 1 aliphatic carbocycles. The van der Waals surface area contributed by atoms with E-state index in [1.807, 2.05) is 24.3 Å². The Bertz CT molecular complexity index is 612. The second-order valence-corrected chi connectivity index (χ2v) is 8.35. The Hall–Kier alpha value is -1.55. The zero-order chi connectivity index (χ0) is 17.9. The van der Waals surface area contributed by atoms with E-state index in [1.165, 1.54) is 51.4 Å². The van der Waals surface area contributed by atoms with Gasteiger partial charge in [-0.25, -0.2) is 0 Å². The highest BCUT2D eigenvalue weighted by Crippen LogP contribution is 2.39. The lowest BCUT2D eigenvalue weighted by molar-refractivity contribution is -0.0211. The third-order valence-corrected chi connectivity index (χ3v) is 6.69. The molecule has 3 atom stereocenters. The van der Waals surface area contributed by atoms with Crippen molar-refractivity contribution in [1.29, 1.82) is 0 Å². The number of piperidine rings is 2. The predicted octanol–water partition coefficient (Wildman–Crippen LogP) is 4.14. The average molecular weight is 357 g/mol. The predicted molar refractivity (Wildman–Crippen MR) is 104 cm³/mol. The molecular weight excluding hydrogens is 324 g/mol. The summed E-state index contributed by atoms with van der Waals surface area (Å²) in [6, 6.07) is 9.90. The molecule has 0 radical (unpaired) electrons. The molecule has 2 saturated heterocycles. The smallest absolute Gasteiger partial charge is 0.251 e. The molecule has 2 aliphatic heterocycles. The van der Waals surface area contributed by atoms with Gasteiger partial charge in [-0.15, -0.1) is 0 Å². The summed E-state index contributed by atoms with van der Waals surface area (Å²) in [5.41, 5.74) is 0.698. The van der Waals surface area contributed by atoms with E-state index in [1.54, 1.807) is 7.11 Å². The van der Waals surface area contributed by atoms with Gasteiger partial charge in [0.1, 0.15) is 5.75 Å². The van der Waals surface area contributed by atoms with Gasteiger partial charge in [-0.3, -0.25) is 9.69 Å². The number of hydrogen-bond acceptors (Lipinski definition) is 3. The molecule has 2 heterocycles. The van der Waals surface area contributed by atoms with Crippen LogP contribution < -0.4 is 10.1 Å². The van der Waals surface area contributed by atoms with Crippen molar-refractivity contribution in [3.63, 3.8) is 0 Å². The van der Waals surface area contributed by atoms with Gasteiger partial charge < -0.3 is 10.1 Å². The lowest BCUT2D eigenvalue weighted by Crippen LogP contribution is -2.60. The summed E-state index contributed by atoms with van der Waals surface area (Å²) in [4.78, 5) is 15.6. The Morgan fingerprint density at radius 1 is 1.00 bits per heavy atom. The molecule has 1 N–H and O–H groups in total. The number of amides is 1. The number of carbonyl (C=O) groups is 1. The van der Waals surface area contributed by atoms with Crippen LogP contribution in [0.2, 0.25) is 0 Å². The Labute approximate surface area is 157 Å². The summed E-state index contributed by atoms with van der Waals surface area (Å²) in [6.45, 7) is 0. The van der Waals surface area contributed by atoms with E-state index in [0.717, 1.165) is 24.6 Å². The second-order valence-electron chi connectivity index (χ2n) is 8.35. The third kappa shape index (κ3) is 3.75. The Kier molecular flexibility index (Phi) is 5.49. The van der Waals surface area contributed by atoms with E-state index in [2.05, 4.69) is 10.2 Å². The van der Waals surface area contributed by atoms with Gasteiger partial charge in [-0.1, -0.05) is 31.7 Å². The monoisotopic (exact) mass is 356 g/mol. The number of rotatable bonds is 4. The van der Waals surface area contributed by atoms with E-state index < -0.39 is 0 Å². The fraction of sp³-hybridized carbons (Fsp3) is 0.682. The Morgan fingerprint density at radius 3 is 2.38 bits per heavy atom. The first-order valence-electron chi connectivity index (χ1n) is 10.5. The highest BCUT2D eigenvalue weighted by molar-refractivity contribution is 5.94. The van der Waals surface area contributed by atoms with Crippen LogP contribution in [0.3, 0.4) is 0 Å². The van der Waals surface area contributed by atoms with E-state index in [0.29, 0.717) is 23.7 Å². The minimum Gasteiger partial charge on any atom is -0.497 e. The number of ether oxygens (including phenoxy) is 1. The highest BCUT2D eigenvalue weighted by atomic mass is 16.5. The molecule has 4 heteroatoms. The maximum absolute atomic E-state index is 12.7. The fourth-order valence-corrected chi connectivity index (χ4v) is 5.54. The fourth-order valence-electron chi connectivity index (χ4n) is 5.54. The van der Waals surface area contributed by atoms with Crippen LogP contribution in [-0.2, 0) is 0 Å². The molecule has 0 aromatic heterocycles. The number of carbonyl (C=O) groups excluding carboxylic acids is 1. The molecule has 3 fully saturated rings. The van der Waals surface area contributed by atoms with E-state index in [4.69, 9.17) is 4.74 Å². The van der Waals surface area contributed by atoms with Crippen molar-refractivity contribution < 1.29 is 9.53 Å². The van der Waals surface area contributed by atoms with Gasteiger partial charge in [0.25, 0.3) is 5.91 Å². The molecular formula is C22H32N2O2. The molecule has 142 valence electrons. The van der Waals surface area contributed by atoms with Crippen molar-refractivity contribution in [1.82, 2.24) is 10.2 Å². The standard InChI is InChI=1S/C22H32N2O2/c1-26-21-12-5-7-16(13-21)22(25)23-17-14-19-10-6-11-20(15-17)24(19)18-8-3-2-4-9-18/h5,7,12-13,17-20H,2-4,6,8-11,14-15H2,1H3,(H,23,25)/t17?,19-,20+. The third-order valence-electron chi connectivity index (χ3n) is 6.69. The largest absolute Gasteiger partial charge is 0.497 e. The maximum Gasteiger partial charge on any atom is 0.251 e. The summed E-state index contributed by atoms with van der Waals surface area (Å²) in [5, 5.41) is 3.32. The van der Waals surface area contributed by atoms with Crippen LogP contribution in [0.4, 0.5) is 0 Å². The van der Waals surface area contributed by atoms with Gasteiger partial charge in [0.05, 0.1) is 7.11 Å². The molecule has 1 aromatic rings. The number of nitrogens with one attached hydrogen (secondary N) is 1. The zero-order valence-electron chi connectivity index (χ0n) is 16.0. The lowest BCUT2D eigenvalue weighted by atomic mass is 9.78. The van der Waals surface area contributed by atoms with Crippen molar-refractivity contribution >= 4 is 5.91 Å². The minimum atomic E-state index is 0.0399. The average Bonchev–Trinajstić information content (AvgIpc) is 2.68. The molecule has 1 saturated carbocycles. The zero-order valence-corrected chi connectivity index (χ0v) is 16.0. The van der Waals surface area contributed by atoms with Crippen molar-refractivity contribution in [2.24, 2.45) is 0 Å². The molecule has 26 heavy (non-hydrogen) atoms. The number of hydrogen-bond donors (Lipinski definition) is 1. The van der Waals surface area contributed by atoms with Gasteiger partial charge in [-0.2, -0.15) is 0 Å². The van der Waals surface area contributed by atoms with Crippen LogP contribution in [0.25, 0.3) is 0 Å². The van der Waals surface area contributed by atoms with Crippen molar-refractivity contribution in [2.45, 2.75) is 88.4 Å². The maximum atomic E-state index is 12.7. The number of fused-ring (bicyclic) bond motifs is 2.